The van der Waals surface area contributed by atoms with Crippen molar-refractivity contribution in [2.75, 3.05) is 11.9 Å². The monoisotopic (exact) mass is 467 g/mol. The van der Waals surface area contributed by atoms with Crippen LogP contribution in [0.3, 0.4) is 0 Å². The van der Waals surface area contributed by atoms with Crippen LogP contribution in [0.5, 0.6) is 0 Å². The van der Waals surface area contributed by atoms with Crippen molar-refractivity contribution in [3.05, 3.63) is 60.5 Å². The van der Waals surface area contributed by atoms with Gasteiger partial charge >= 0.3 is 6.18 Å². The van der Waals surface area contributed by atoms with E-state index in [0.29, 0.717) is 34.8 Å². The minimum atomic E-state index is -4.59. The Balaban J connectivity index is 1.45. The largest absolute Gasteiger partial charge is 0.417 e. The number of halogens is 3. The Kier molecular flexibility index (Phi) is 5.96. The summed E-state index contributed by atoms with van der Waals surface area (Å²) in [6, 6.07) is 7.41. The molecule has 0 saturated heterocycles. The number of carbonyl (C=O) groups excluding carboxylic acids is 1. The molecule has 3 aliphatic rings. The number of hydrogen-bond donors (Lipinski definition) is 2. The van der Waals surface area contributed by atoms with Crippen LogP contribution in [0, 0.1) is 17.8 Å². The summed E-state index contributed by atoms with van der Waals surface area (Å²) in [6.07, 6.45) is 8.42. The first-order chi connectivity index (χ1) is 16.3. The number of allylic oxidation sites excluding steroid dienone is 3. The SMILES string of the molecule is C=C(c1nc(/C=C/CNC(=O)C2CC2)cc2c(NC3CC4C=CC(C4)C3)cccc12)C(F)(F)F. The van der Waals surface area contributed by atoms with Crippen molar-refractivity contribution in [3.63, 3.8) is 0 Å². The van der Waals surface area contributed by atoms with Crippen LogP contribution in [0.4, 0.5) is 18.9 Å². The minimum absolute atomic E-state index is 0.0182. The van der Waals surface area contributed by atoms with Gasteiger partial charge in [-0.25, -0.2) is 4.98 Å². The van der Waals surface area contributed by atoms with E-state index >= 15 is 0 Å². The normalized spacial score (nSPS) is 24.0. The fraction of sp³-hybridized carbons (Fsp3) is 0.407. The third kappa shape index (κ3) is 4.88. The van der Waals surface area contributed by atoms with E-state index in [0.717, 1.165) is 31.4 Å². The molecule has 3 aliphatic carbocycles. The van der Waals surface area contributed by atoms with E-state index in [2.05, 4.69) is 34.3 Å². The molecule has 2 unspecified atom stereocenters. The topological polar surface area (TPSA) is 54.0 Å². The molecule has 4 nitrogen and oxygen atoms in total. The number of pyridine rings is 1. The molecule has 2 bridgehead atoms. The van der Waals surface area contributed by atoms with E-state index in [1.165, 1.54) is 6.42 Å². The van der Waals surface area contributed by atoms with Crippen molar-refractivity contribution in [2.24, 2.45) is 17.8 Å². The highest BCUT2D eigenvalue weighted by Gasteiger charge is 2.35. The van der Waals surface area contributed by atoms with Gasteiger partial charge in [-0.2, -0.15) is 13.2 Å². The van der Waals surface area contributed by atoms with Gasteiger partial charge in [-0.3, -0.25) is 4.79 Å². The molecule has 1 amide bonds. The molecular formula is C27H28F3N3O. The van der Waals surface area contributed by atoms with Crippen molar-refractivity contribution in [2.45, 2.75) is 44.3 Å². The molecule has 1 aromatic heterocycles. The Morgan fingerprint density at radius 2 is 1.85 bits per heavy atom. The molecule has 5 rings (SSSR count). The van der Waals surface area contributed by atoms with E-state index in [-0.39, 0.29) is 23.6 Å². The summed E-state index contributed by atoms with van der Waals surface area (Å²) in [4.78, 5) is 16.1. The van der Waals surface area contributed by atoms with Gasteiger partial charge in [-0.1, -0.05) is 36.9 Å². The van der Waals surface area contributed by atoms with Gasteiger partial charge in [0.1, 0.15) is 0 Å². The first-order valence-electron chi connectivity index (χ1n) is 11.9. The fourth-order valence-corrected chi connectivity index (χ4v) is 5.08. The maximum Gasteiger partial charge on any atom is 0.417 e. The average Bonchev–Trinajstić information content (AvgIpc) is 3.60. The van der Waals surface area contributed by atoms with Crippen LogP contribution < -0.4 is 10.6 Å². The van der Waals surface area contributed by atoms with Crippen LogP contribution in [0.15, 0.2) is 49.1 Å². The van der Waals surface area contributed by atoms with Gasteiger partial charge in [-0.05, 0) is 62.1 Å². The molecular weight excluding hydrogens is 439 g/mol. The number of hydrogen-bond acceptors (Lipinski definition) is 3. The number of nitrogens with one attached hydrogen (secondary N) is 2. The Labute approximate surface area is 197 Å². The molecule has 0 aliphatic heterocycles. The second-order valence-corrected chi connectivity index (χ2v) is 9.65. The van der Waals surface area contributed by atoms with Crippen LogP contribution in [0.2, 0.25) is 0 Å². The van der Waals surface area contributed by atoms with Crippen LogP contribution in [-0.4, -0.2) is 29.7 Å². The highest BCUT2D eigenvalue weighted by molar-refractivity contribution is 6.00. The number of nitrogens with zero attached hydrogens (tertiary/aromatic N) is 1. The first kappa shape index (κ1) is 22.7. The number of fused-ring (bicyclic) bond motifs is 3. The number of benzene rings is 1. The number of rotatable bonds is 7. The lowest BCUT2D eigenvalue weighted by molar-refractivity contribution is -0.122. The second kappa shape index (κ2) is 8.93. The summed E-state index contributed by atoms with van der Waals surface area (Å²) in [5.41, 5.74) is 0.0693. The van der Waals surface area contributed by atoms with Crippen LogP contribution in [0.25, 0.3) is 22.4 Å². The third-order valence-electron chi connectivity index (χ3n) is 6.95. The molecule has 2 N–H and O–H groups in total. The van der Waals surface area contributed by atoms with Gasteiger partial charge in [0, 0.05) is 35.0 Å². The minimum Gasteiger partial charge on any atom is -0.382 e. The maximum atomic E-state index is 13.6. The molecule has 2 atom stereocenters. The molecule has 0 radical (unpaired) electrons. The van der Waals surface area contributed by atoms with Crippen molar-refractivity contribution in [3.8, 4) is 0 Å². The standard InChI is InChI=1S/C27H28F3N3O/c1-16(27(28,29)30)25-22-5-2-6-24(32-21-13-17-7-8-18(12-17)14-21)23(22)15-20(33-25)4-3-11-31-26(34)19-9-10-19/h2-8,15,17-19,21,32H,1,9-14H2,(H,31,34)/b4-3+. The second-order valence-electron chi connectivity index (χ2n) is 9.65. The zero-order valence-electron chi connectivity index (χ0n) is 18.9. The number of amides is 1. The van der Waals surface area contributed by atoms with Gasteiger partial charge in [0.05, 0.1) is 17.0 Å². The summed E-state index contributed by atoms with van der Waals surface area (Å²) < 4.78 is 40.8. The number of alkyl halides is 3. The summed E-state index contributed by atoms with van der Waals surface area (Å²) in [7, 11) is 0. The Morgan fingerprint density at radius 3 is 2.53 bits per heavy atom. The molecule has 7 heteroatoms. The lowest BCUT2D eigenvalue weighted by atomic mass is 9.84. The quantitative estimate of drug-likeness (QED) is 0.483. The van der Waals surface area contributed by atoms with Crippen molar-refractivity contribution in [1.82, 2.24) is 10.3 Å². The van der Waals surface area contributed by atoms with Crippen LogP contribution >= 0.6 is 0 Å². The highest BCUT2D eigenvalue weighted by atomic mass is 19.4. The molecule has 2 fully saturated rings. The smallest absolute Gasteiger partial charge is 0.382 e. The Morgan fingerprint density at radius 1 is 1.12 bits per heavy atom. The van der Waals surface area contributed by atoms with E-state index in [1.807, 2.05) is 6.07 Å². The molecule has 178 valence electrons. The Hall–Kier alpha value is -3.09. The summed E-state index contributed by atoms with van der Waals surface area (Å²) in [5.74, 6) is 1.26. The van der Waals surface area contributed by atoms with Crippen molar-refractivity contribution in [1.29, 1.82) is 0 Å². The van der Waals surface area contributed by atoms with Gasteiger partial charge in [0.15, 0.2) is 0 Å². The van der Waals surface area contributed by atoms with E-state index in [1.54, 1.807) is 30.4 Å². The maximum absolute atomic E-state index is 13.6. The molecule has 2 saturated carbocycles. The molecule has 1 aromatic carbocycles. The lowest BCUT2D eigenvalue weighted by Crippen LogP contribution is -2.28. The predicted octanol–water partition coefficient (Wildman–Crippen LogP) is 6.12. The predicted molar refractivity (Wildman–Crippen MR) is 129 cm³/mol. The molecule has 0 spiro atoms. The van der Waals surface area contributed by atoms with E-state index in [9.17, 15) is 18.0 Å². The van der Waals surface area contributed by atoms with Crippen molar-refractivity contribution >= 4 is 34.0 Å². The summed E-state index contributed by atoms with van der Waals surface area (Å²) >= 11 is 0. The summed E-state index contributed by atoms with van der Waals surface area (Å²) in [5, 5.41) is 7.53. The lowest BCUT2D eigenvalue weighted by Gasteiger charge is -2.30. The first-order valence-corrected chi connectivity index (χ1v) is 11.9. The van der Waals surface area contributed by atoms with Crippen LogP contribution in [0.1, 0.15) is 43.5 Å². The number of anilines is 1. The van der Waals surface area contributed by atoms with Crippen LogP contribution in [-0.2, 0) is 4.79 Å². The molecule has 2 aromatic rings. The van der Waals surface area contributed by atoms with Gasteiger partial charge in [0.25, 0.3) is 0 Å². The molecule has 1 heterocycles. The number of carbonyl (C=O) groups is 1. The molecule has 34 heavy (non-hydrogen) atoms. The zero-order chi connectivity index (χ0) is 23.9. The fourth-order valence-electron chi connectivity index (χ4n) is 5.08. The average molecular weight is 468 g/mol. The third-order valence-corrected chi connectivity index (χ3v) is 6.95. The Bertz CT molecular complexity index is 1170. The summed E-state index contributed by atoms with van der Waals surface area (Å²) in [6.45, 7) is 3.62. The van der Waals surface area contributed by atoms with Gasteiger partial charge in [0.2, 0.25) is 5.91 Å². The highest BCUT2D eigenvalue weighted by Crippen LogP contribution is 2.40. The van der Waals surface area contributed by atoms with Gasteiger partial charge < -0.3 is 10.6 Å². The number of aromatic nitrogens is 1. The zero-order valence-corrected chi connectivity index (χ0v) is 18.9. The van der Waals surface area contributed by atoms with Gasteiger partial charge in [-0.15, -0.1) is 0 Å². The van der Waals surface area contributed by atoms with Crippen molar-refractivity contribution < 1.29 is 18.0 Å². The van der Waals surface area contributed by atoms with E-state index in [4.69, 9.17) is 0 Å². The van der Waals surface area contributed by atoms with E-state index < -0.39 is 11.7 Å².